The second kappa shape index (κ2) is 6.64. The van der Waals surface area contributed by atoms with Crippen LogP contribution < -0.4 is 5.73 Å². The predicted molar refractivity (Wildman–Crippen MR) is 80.8 cm³/mol. The van der Waals surface area contributed by atoms with E-state index in [9.17, 15) is 4.39 Å². The topological polar surface area (TPSA) is 29.3 Å². The summed E-state index contributed by atoms with van der Waals surface area (Å²) >= 11 is 0. The first-order chi connectivity index (χ1) is 9.60. The van der Waals surface area contributed by atoms with Crippen molar-refractivity contribution < 1.29 is 4.39 Å². The van der Waals surface area contributed by atoms with Crippen molar-refractivity contribution in [2.75, 3.05) is 13.6 Å². The van der Waals surface area contributed by atoms with E-state index in [1.54, 1.807) is 12.1 Å². The second-order valence-electron chi connectivity index (χ2n) is 5.21. The van der Waals surface area contributed by atoms with Gasteiger partial charge >= 0.3 is 0 Å². The first-order valence-corrected chi connectivity index (χ1v) is 6.81. The van der Waals surface area contributed by atoms with Gasteiger partial charge in [0.1, 0.15) is 5.82 Å². The highest BCUT2D eigenvalue weighted by molar-refractivity contribution is 5.25. The van der Waals surface area contributed by atoms with Crippen molar-refractivity contribution in [2.24, 2.45) is 5.73 Å². The highest BCUT2D eigenvalue weighted by Crippen LogP contribution is 2.21. The number of nitrogens with two attached hydrogens (primary N) is 1. The third kappa shape index (κ3) is 3.65. The zero-order valence-electron chi connectivity index (χ0n) is 12.0. The third-order valence-electron chi connectivity index (χ3n) is 3.54. The molecule has 2 N–H and O–H groups in total. The van der Waals surface area contributed by atoms with Gasteiger partial charge < -0.3 is 5.73 Å². The van der Waals surface area contributed by atoms with Gasteiger partial charge in [0.15, 0.2) is 0 Å². The van der Waals surface area contributed by atoms with Gasteiger partial charge in [0.05, 0.1) is 0 Å². The number of nitrogens with zero attached hydrogens (tertiary/aromatic N) is 1. The molecule has 2 aromatic rings. The summed E-state index contributed by atoms with van der Waals surface area (Å²) in [5, 5.41) is 0. The maximum Gasteiger partial charge on any atom is 0.123 e. The van der Waals surface area contributed by atoms with E-state index in [0.717, 1.165) is 5.56 Å². The maximum absolute atomic E-state index is 13.2. The fourth-order valence-electron chi connectivity index (χ4n) is 2.39. The van der Waals surface area contributed by atoms with E-state index in [1.165, 1.54) is 17.2 Å². The van der Waals surface area contributed by atoms with Gasteiger partial charge in [-0.2, -0.15) is 0 Å². The highest BCUT2D eigenvalue weighted by Gasteiger charge is 2.15. The number of halogens is 1. The first-order valence-electron chi connectivity index (χ1n) is 6.81. The Hall–Kier alpha value is -1.71. The molecule has 0 heterocycles. The highest BCUT2D eigenvalue weighted by atomic mass is 19.1. The summed E-state index contributed by atoms with van der Waals surface area (Å²) in [4.78, 5) is 2.15. The molecule has 0 saturated heterocycles. The van der Waals surface area contributed by atoms with Gasteiger partial charge in [-0.15, -0.1) is 0 Å². The molecule has 1 unspecified atom stereocenters. The number of likely N-dealkylation sites (N-methyl/N-ethyl adjacent to an activating group) is 1. The van der Waals surface area contributed by atoms with Gasteiger partial charge in [-0.25, -0.2) is 4.39 Å². The van der Waals surface area contributed by atoms with E-state index in [1.807, 2.05) is 13.1 Å². The van der Waals surface area contributed by atoms with Gasteiger partial charge in [0, 0.05) is 19.1 Å². The molecule has 1 atom stereocenters. The zero-order chi connectivity index (χ0) is 14.5. The second-order valence-corrected chi connectivity index (χ2v) is 5.21. The van der Waals surface area contributed by atoms with Crippen LogP contribution in [-0.2, 0) is 6.54 Å². The lowest BCUT2D eigenvalue weighted by Gasteiger charge is -2.27. The molecule has 2 rings (SSSR count). The molecule has 0 amide bonds. The Morgan fingerprint density at radius 3 is 2.45 bits per heavy atom. The summed E-state index contributed by atoms with van der Waals surface area (Å²) in [6.07, 6.45) is 0. The Labute approximate surface area is 120 Å². The Kier molecular flexibility index (Phi) is 4.88. The zero-order valence-corrected chi connectivity index (χ0v) is 12.0. The van der Waals surface area contributed by atoms with E-state index < -0.39 is 0 Å². The minimum atomic E-state index is -0.199. The molecule has 0 aliphatic heterocycles. The summed E-state index contributed by atoms with van der Waals surface area (Å²) in [5.41, 5.74) is 9.29. The van der Waals surface area contributed by atoms with E-state index in [0.29, 0.717) is 13.1 Å². The SMILES string of the molecule is Cc1ccc(C(CN)N(C)Cc2cccc(F)c2)cc1. The molecule has 0 spiro atoms. The Morgan fingerprint density at radius 1 is 1.15 bits per heavy atom. The van der Waals surface area contributed by atoms with Crippen molar-refractivity contribution in [1.82, 2.24) is 4.90 Å². The molecule has 0 bridgehead atoms. The average molecular weight is 272 g/mol. The quantitative estimate of drug-likeness (QED) is 0.905. The van der Waals surface area contributed by atoms with E-state index in [-0.39, 0.29) is 11.9 Å². The van der Waals surface area contributed by atoms with Crippen LogP contribution in [0.1, 0.15) is 22.7 Å². The van der Waals surface area contributed by atoms with E-state index in [2.05, 4.69) is 36.1 Å². The van der Waals surface area contributed by atoms with Crippen LogP contribution in [0.2, 0.25) is 0 Å². The molecule has 0 saturated carbocycles. The Bertz CT molecular complexity index is 551. The molecule has 106 valence electrons. The van der Waals surface area contributed by atoms with Crippen molar-refractivity contribution in [1.29, 1.82) is 0 Å². The van der Waals surface area contributed by atoms with E-state index in [4.69, 9.17) is 5.73 Å². The number of benzene rings is 2. The van der Waals surface area contributed by atoms with Crippen molar-refractivity contribution in [3.05, 3.63) is 71.0 Å². The van der Waals surface area contributed by atoms with Crippen LogP contribution >= 0.6 is 0 Å². The molecule has 0 aromatic heterocycles. The molecule has 0 fully saturated rings. The number of hydrogen-bond acceptors (Lipinski definition) is 2. The van der Waals surface area contributed by atoms with E-state index >= 15 is 0 Å². The minimum Gasteiger partial charge on any atom is -0.329 e. The van der Waals surface area contributed by atoms with Crippen molar-refractivity contribution in [3.63, 3.8) is 0 Å². The molecule has 2 nitrogen and oxygen atoms in total. The normalized spacial score (nSPS) is 12.7. The number of aryl methyl sites for hydroxylation is 1. The van der Waals surface area contributed by atoms with Crippen LogP contribution in [0, 0.1) is 12.7 Å². The van der Waals surface area contributed by atoms with Gasteiger partial charge in [-0.3, -0.25) is 4.90 Å². The van der Waals surface area contributed by atoms with Crippen molar-refractivity contribution in [3.8, 4) is 0 Å². The summed E-state index contributed by atoms with van der Waals surface area (Å²) in [6.45, 7) is 3.28. The molecule has 20 heavy (non-hydrogen) atoms. The van der Waals surface area contributed by atoms with Crippen LogP contribution in [0.5, 0.6) is 0 Å². The van der Waals surface area contributed by atoms with Crippen LogP contribution in [0.4, 0.5) is 4.39 Å². The van der Waals surface area contributed by atoms with Gasteiger partial charge in [-0.1, -0.05) is 42.0 Å². The van der Waals surface area contributed by atoms with Gasteiger partial charge in [0.2, 0.25) is 0 Å². The molecule has 2 aromatic carbocycles. The lowest BCUT2D eigenvalue weighted by Crippen LogP contribution is -2.30. The van der Waals surface area contributed by atoms with Crippen LogP contribution in [0.3, 0.4) is 0 Å². The largest absolute Gasteiger partial charge is 0.329 e. The Balaban J connectivity index is 2.13. The lowest BCUT2D eigenvalue weighted by molar-refractivity contribution is 0.241. The Morgan fingerprint density at radius 2 is 1.85 bits per heavy atom. The molecule has 0 radical (unpaired) electrons. The van der Waals surface area contributed by atoms with Gasteiger partial charge in [-0.05, 0) is 37.2 Å². The standard InChI is InChI=1S/C17H21FN2/c1-13-6-8-15(9-7-13)17(11-19)20(2)12-14-4-3-5-16(18)10-14/h3-10,17H,11-12,19H2,1-2H3. The third-order valence-corrected chi connectivity index (χ3v) is 3.54. The van der Waals surface area contributed by atoms with Crippen molar-refractivity contribution in [2.45, 2.75) is 19.5 Å². The number of rotatable bonds is 5. The maximum atomic E-state index is 13.2. The summed E-state index contributed by atoms with van der Waals surface area (Å²) < 4.78 is 13.2. The first kappa shape index (κ1) is 14.7. The summed E-state index contributed by atoms with van der Waals surface area (Å²) in [5.74, 6) is -0.199. The summed E-state index contributed by atoms with van der Waals surface area (Å²) in [7, 11) is 2.02. The van der Waals surface area contributed by atoms with Crippen LogP contribution in [0.15, 0.2) is 48.5 Å². The minimum absolute atomic E-state index is 0.138. The predicted octanol–water partition coefficient (Wildman–Crippen LogP) is 3.27. The van der Waals surface area contributed by atoms with Gasteiger partial charge in [0.25, 0.3) is 0 Å². The fraction of sp³-hybridized carbons (Fsp3) is 0.294. The average Bonchev–Trinajstić information content (AvgIpc) is 2.42. The van der Waals surface area contributed by atoms with Crippen LogP contribution in [0.25, 0.3) is 0 Å². The molecular formula is C17H21FN2. The molecule has 0 aliphatic carbocycles. The number of hydrogen-bond donors (Lipinski definition) is 1. The molecule has 3 heteroatoms. The molecular weight excluding hydrogens is 251 g/mol. The lowest BCUT2D eigenvalue weighted by atomic mass is 10.0. The monoisotopic (exact) mass is 272 g/mol. The summed E-state index contributed by atoms with van der Waals surface area (Å²) in [6, 6.07) is 15.2. The smallest absolute Gasteiger partial charge is 0.123 e. The molecule has 0 aliphatic rings. The fourth-order valence-corrected chi connectivity index (χ4v) is 2.39. The van der Waals surface area contributed by atoms with Crippen LogP contribution in [-0.4, -0.2) is 18.5 Å². The van der Waals surface area contributed by atoms with Crippen molar-refractivity contribution >= 4 is 0 Å².